The average molecular weight is 457 g/mol. The number of hydrogen-bond donors (Lipinski definition) is 3. The van der Waals surface area contributed by atoms with Crippen LogP contribution in [0.5, 0.6) is 5.75 Å². The zero-order chi connectivity index (χ0) is 24.1. The number of aliphatic hydroxyl groups is 1. The molecule has 0 unspecified atom stereocenters. The molecule has 0 aliphatic rings. The molecule has 0 saturated heterocycles. The second-order valence-electron chi connectivity index (χ2n) is 6.88. The molecule has 2 atom stereocenters. The number of ether oxygens (including phenoxy) is 3. The number of imide groups is 1. The van der Waals surface area contributed by atoms with E-state index in [2.05, 4.69) is 5.32 Å². The molecular formula is C24H27NO8. The van der Waals surface area contributed by atoms with Crippen molar-refractivity contribution in [3.8, 4) is 5.75 Å². The average Bonchev–Trinajstić information content (AvgIpc) is 2.82. The first kappa shape index (κ1) is 25.6. The number of aliphatic carboxylic acids is 1. The number of nitrogens with one attached hydrogen (secondary N) is 1. The largest absolute Gasteiger partial charge is 0.491 e. The number of methoxy groups -OCH3 is 1. The fourth-order valence-corrected chi connectivity index (χ4v) is 3.01. The van der Waals surface area contributed by atoms with Crippen LogP contribution in [0.3, 0.4) is 0 Å². The molecule has 2 aromatic carbocycles. The predicted octanol–water partition coefficient (Wildman–Crippen LogP) is 3.10. The van der Waals surface area contributed by atoms with E-state index in [1.54, 1.807) is 54.6 Å². The number of hydrogen-bond acceptors (Lipinski definition) is 7. The first-order valence-corrected chi connectivity index (χ1v) is 10.3. The summed E-state index contributed by atoms with van der Waals surface area (Å²) in [6, 6.07) is 14.9. The molecule has 0 aliphatic heterocycles. The maximum Gasteiger partial charge on any atom is 0.414 e. The van der Waals surface area contributed by atoms with Gasteiger partial charge in [-0.2, -0.15) is 0 Å². The highest BCUT2D eigenvalue weighted by Crippen LogP contribution is 2.28. The van der Waals surface area contributed by atoms with Gasteiger partial charge in [-0.3, -0.25) is 10.1 Å². The summed E-state index contributed by atoms with van der Waals surface area (Å²) in [5.74, 6) is -1.15. The number of aliphatic hydroxyl groups excluding tert-OH is 1. The minimum Gasteiger partial charge on any atom is -0.491 e. The van der Waals surface area contributed by atoms with Crippen LogP contribution in [0, 0.1) is 0 Å². The van der Waals surface area contributed by atoms with Crippen LogP contribution in [0.1, 0.15) is 34.9 Å². The minimum absolute atomic E-state index is 0.126. The van der Waals surface area contributed by atoms with E-state index < -0.39 is 30.2 Å². The Bertz CT molecular complexity index is 927. The normalized spacial score (nSPS) is 12.7. The molecule has 0 heterocycles. The van der Waals surface area contributed by atoms with Gasteiger partial charge in [0.2, 0.25) is 0 Å². The maximum absolute atomic E-state index is 12.5. The topological polar surface area (TPSA) is 131 Å². The highest BCUT2D eigenvalue weighted by molar-refractivity contribution is 6.02. The van der Waals surface area contributed by atoms with E-state index >= 15 is 0 Å². The molecular weight excluding hydrogens is 430 g/mol. The molecule has 2 aromatic rings. The van der Waals surface area contributed by atoms with Crippen LogP contribution in [-0.2, 0) is 14.3 Å². The highest BCUT2D eigenvalue weighted by Gasteiger charge is 2.27. The summed E-state index contributed by atoms with van der Waals surface area (Å²) in [6.45, 7) is 0.0125. The summed E-state index contributed by atoms with van der Waals surface area (Å²) < 4.78 is 16.4. The smallest absolute Gasteiger partial charge is 0.414 e. The number of carboxylic acids is 1. The fraction of sp³-hybridized carbons (Fsp3) is 0.292. The first-order chi connectivity index (χ1) is 15.9. The lowest BCUT2D eigenvalue weighted by molar-refractivity contribution is -0.131. The Kier molecular flexibility index (Phi) is 10.6. The molecule has 33 heavy (non-hydrogen) atoms. The van der Waals surface area contributed by atoms with Crippen molar-refractivity contribution in [2.24, 2.45) is 0 Å². The van der Waals surface area contributed by atoms with Crippen molar-refractivity contribution < 1.29 is 38.8 Å². The van der Waals surface area contributed by atoms with Gasteiger partial charge in [-0.1, -0.05) is 36.4 Å². The summed E-state index contributed by atoms with van der Waals surface area (Å²) in [4.78, 5) is 35.5. The molecule has 9 heteroatoms. The second-order valence-corrected chi connectivity index (χ2v) is 6.88. The van der Waals surface area contributed by atoms with Crippen molar-refractivity contribution in [1.29, 1.82) is 0 Å². The zero-order valence-electron chi connectivity index (χ0n) is 18.2. The van der Waals surface area contributed by atoms with Gasteiger partial charge in [0.25, 0.3) is 5.91 Å². The van der Waals surface area contributed by atoms with Crippen LogP contribution in [0.2, 0.25) is 0 Å². The minimum atomic E-state index is -1.06. The SMILES string of the molecule is CO[C@H](CC/C=C/C(=O)O)[C@H](OC(=O)NC(=O)c1ccccc1)c1ccc(OCCO)cc1. The van der Waals surface area contributed by atoms with Crippen LogP contribution in [-0.4, -0.2) is 54.6 Å². The molecule has 2 amide bonds. The van der Waals surface area contributed by atoms with Gasteiger partial charge < -0.3 is 24.4 Å². The predicted molar refractivity (Wildman–Crippen MR) is 119 cm³/mol. The Morgan fingerprint density at radius 3 is 2.36 bits per heavy atom. The van der Waals surface area contributed by atoms with Crippen molar-refractivity contribution in [1.82, 2.24) is 5.32 Å². The lowest BCUT2D eigenvalue weighted by Crippen LogP contribution is -2.35. The number of alkyl carbamates (subject to hydrolysis) is 1. The monoisotopic (exact) mass is 457 g/mol. The zero-order valence-corrected chi connectivity index (χ0v) is 18.2. The summed E-state index contributed by atoms with van der Waals surface area (Å²) in [7, 11) is 1.45. The van der Waals surface area contributed by atoms with Gasteiger partial charge in [0.15, 0.2) is 6.10 Å². The highest BCUT2D eigenvalue weighted by atomic mass is 16.6. The Morgan fingerprint density at radius 1 is 1.06 bits per heavy atom. The number of allylic oxidation sites excluding steroid dienone is 1. The number of amides is 2. The Morgan fingerprint density at radius 2 is 1.76 bits per heavy atom. The van der Waals surface area contributed by atoms with Crippen LogP contribution in [0.15, 0.2) is 66.7 Å². The van der Waals surface area contributed by atoms with Crippen LogP contribution < -0.4 is 10.1 Å². The molecule has 0 aromatic heterocycles. The lowest BCUT2D eigenvalue weighted by atomic mass is 10.00. The van der Waals surface area contributed by atoms with Gasteiger partial charge in [0.1, 0.15) is 12.4 Å². The van der Waals surface area contributed by atoms with Crippen molar-refractivity contribution in [2.75, 3.05) is 20.3 Å². The number of carbonyl (C=O) groups excluding carboxylic acids is 2. The molecule has 0 aliphatic carbocycles. The van der Waals surface area contributed by atoms with Gasteiger partial charge in [-0.05, 0) is 42.7 Å². The third-order valence-corrected chi connectivity index (χ3v) is 4.57. The van der Waals surface area contributed by atoms with E-state index in [0.717, 1.165) is 6.08 Å². The Balaban J connectivity index is 2.16. The lowest BCUT2D eigenvalue weighted by Gasteiger charge is -2.26. The summed E-state index contributed by atoms with van der Waals surface area (Å²) in [5.41, 5.74) is 0.890. The van der Waals surface area contributed by atoms with Gasteiger partial charge in [-0.15, -0.1) is 0 Å². The molecule has 0 bridgehead atoms. The molecule has 0 fully saturated rings. The van der Waals surface area contributed by atoms with E-state index in [9.17, 15) is 14.4 Å². The molecule has 0 saturated carbocycles. The Labute approximate surface area is 191 Å². The molecule has 0 radical (unpaired) electrons. The maximum atomic E-state index is 12.5. The van der Waals surface area contributed by atoms with Crippen molar-refractivity contribution in [2.45, 2.75) is 25.0 Å². The van der Waals surface area contributed by atoms with Crippen LogP contribution >= 0.6 is 0 Å². The van der Waals surface area contributed by atoms with Gasteiger partial charge in [0, 0.05) is 18.7 Å². The molecule has 9 nitrogen and oxygen atoms in total. The molecule has 176 valence electrons. The summed E-state index contributed by atoms with van der Waals surface area (Å²) in [5, 5.41) is 19.8. The van der Waals surface area contributed by atoms with E-state index in [1.165, 1.54) is 13.2 Å². The van der Waals surface area contributed by atoms with Crippen LogP contribution in [0.4, 0.5) is 4.79 Å². The van der Waals surface area contributed by atoms with Gasteiger partial charge in [-0.25, -0.2) is 9.59 Å². The molecule has 3 N–H and O–H groups in total. The van der Waals surface area contributed by atoms with Gasteiger partial charge in [0.05, 0.1) is 12.7 Å². The van der Waals surface area contributed by atoms with Gasteiger partial charge >= 0.3 is 12.1 Å². The standard InChI is InChI=1S/C24H27NO8/c1-31-20(9-5-6-10-21(27)28)22(17-11-13-19(14-12-17)32-16-15-26)33-24(30)25-23(29)18-7-3-2-4-8-18/h2-4,6-8,10-14,20,22,26H,5,9,15-16H2,1H3,(H,27,28)(H,25,29,30)/b10-6+/t20-,22-/m1/s1. The number of carbonyl (C=O) groups is 3. The summed E-state index contributed by atoms with van der Waals surface area (Å²) >= 11 is 0. The summed E-state index contributed by atoms with van der Waals surface area (Å²) in [6.07, 6.45) is 0.782. The van der Waals surface area contributed by atoms with Crippen molar-refractivity contribution in [3.05, 3.63) is 77.9 Å². The van der Waals surface area contributed by atoms with Crippen molar-refractivity contribution >= 4 is 18.0 Å². The van der Waals surface area contributed by atoms with E-state index in [-0.39, 0.29) is 13.2 Å². The second kappa shape index (κ2) is 13.7. The van der Waals surface area contributed by atoms with Crippen molar-refractivity contribution in [3.63, 3.8) is 0 Å². The molecule has 0 spiro atoms. The third-order valence-electron chi connectivity index (χ3n) is 4.57. The number of rotatable bonds is 12. The molecule has 2 rings (SSSR count). The van der Waals surface area contributed by atoms with E-state index in [4.69, 9.17) is 24.4 Å². The van der Waals surface area contributed by atoms with Crippen LogP contribution in [0.25, 0.3) is 0 Å². The fourth-order valence-electron chi connectivity index (χ4n) is 3.01. The number of benzene rings is 2. The quantitative estimate of drug-likeness (QED) is 0.414. The number of carboxylic acid groups (broad SMARTS) is 1. The third kappa shape index (κ3) is 8.76. The van der Waals surface area contributed by atoms with E-state index in [1.807, 2.05) is 0 Å². The first-order valence-electron chi connectivity index (χ1n) is 10.3. The van der Waals surface area contributed by atoms with E-state index in [0.29, 0.717) is 29.7 Å². The Hall–Kier alpha value is -3.69.